The molecule has 0 unspecified atom stereocenters. The summed E-state index contributed by atoms with van der Waals surface area (Å²) < 4.78 is 5.02. The van der Waals surface area contributed by atoms with E-state index in [-0.39, 0.29) is 29.8 Å². The fourth-order valence-corrected chi connectivity index (χ4v) is 2.92. The third-order valence-corrected chi connectivity index (χ3v) is 4.48. The molecule has 0 radical (unpaired) electrons. The zero-order valence-corrected chi connectivity index (χ0v) is 14.0. The third-order valence-electron chi connectivity index (χ3n) is 4.48. The van der Waals surface area contributed by atoms with E-state index in [0.717, 1.165) is 25.7 Å². The van der Waals surface area contributed by atoms with E-state index in [1.807, 2.05) is 0 Å². The fourth-order valence-electron chi connectivity index (χ4n) is 2.92. The summed E-state index contributed by atoms with van der Waals surface area (Å²) in [6.45, 7) is 1.24. The second-order valence-corrected chi connectivity index (χ2v) is 6.13. The van der Waals surface area contributed by atoms with Crippen molar-refractivity contribution >= 4 is 17.6 Å². The minimum atomic E-state index is -0.733. The maximum Gasteiger partial charge on any atom is 0.338 e. The number of hydrogen-bond donors (Lipinski definition) is 0. The number of hydrogen-bond acceptors (Lipinski definition) is 5. The highest BCUT2D eigenvalue weighted by Crippen LogP contribution is 2.22. The van der Waals surface area contributed by atoms with E-state index in [1.54, 1.807) is 18.9 Å². The van der Waals surface area contributed by atoms with Crippen LogP contribution >= 0.6 is 0 Å². The van der Waals surface area contributed by atoms with Crippen LogP contribution in [0.1, 0.15) is 48.0 Å². The first-order valence-electron chi connectivity index (χ1n) is 8.08. The maximum absolute atomic E-state index is 12.1. The molecule has 1 aliphatic carbocycles. The van der Waals surface area contributed by atoms with Crippen molar-refractivity contribution in [3.8, 4) is 0 Å². The summed E-state index contributed by atoms with van der Waals surface area (Å²) in [5, 5.41) is 10.9. The summed E-state index contributed by atoms with van der Waals surface area (Å²) in [7, 11) is 1.73. The van der Waals surface area contributed by atoms with Gasteiger partial charge in [0.15, 0.2) is 6.61 Å². The van der Waals surface area contributed by atoms with E-state index in [2.05, 4.69) is 0 Å². The molecule has 0 N–H and O–H groups in total. The molecule has 0 spiro atoms. The molecule has 0 atom stereocenters. The SMILES string of the molecule is Cc1ccc(C(=O)OCC(=O)N(C)C2CCCCC2)cc1[N+](=O)[O-]. The number of nitro benzene ring substituents is 1. The number of esters is 1. The second kappa shape index (κ2) is 7.90. The first-order chi connectivity index (χ1) is 11.4. The molecule has 24 heavy (non-hydrogen) atoms. The lowest BCUT2D eigenvalue weighted by Crippen LogP contribution is -2.40. The lowest BCUT2D eigenvalue weighted by Gasteiger charge is -2.31. The number of rotatable bonds is 5. The minimum Gasteiger partial charge on any atom is -0.452 e. The highest BCUT2D eigenvalue weighted by Gasteiger charge is 2.23. The van der Waals surface area contributed by atoms with Crippen molar-refractivity contribution in [2.24, 2.45) is 0 Å². The fraction of sp³-hybridized carbons (Fsp3) is 0.529. The number of carbonyl (C=O) groups excluding carboxylic acids is 2. The predicted octanol–water partition coefficient (Wildman–Crippen LogP) is 2.85. The molecule has 0 saturated heterocycles. The van der Waals surface area contributed by atoms with Gasteiger partial charge in [0.05, 0.1) is 10.5 Å². The van der Waals surface area contributed by atoms with Gasteiger partial charge in [-0.05, 0) is 25.8 Å². The van der Waals surface area contributed by atoms with Gasteiger partial charge in [-0.2, -0.15) is 0 Å². The Morgan fingerprint density at radius 3 is 2.58 bits per heavy atom. The topological polar surface area (TPSA) is 89.8 Å². The van der Waals surface area contributed by atoms with Gasteiger partial charge in [-0.15, -0.1) is 0 Å². The number of nitro groups is 1. The van der Waals surface area contributed by atoms with Crippen LogP contribution in [-0.2, 0) is 9.53 Å². The molecular formula is C17H22N2O5. The van der Waals surface area contributed by atoms with E-state index in [4.69, 9.17) is 4.74 Å². The van der Waals surface area contributed by atoms with Crippen molar-refractivity contribution < 1.29 is 19.2 Å². The van der Waals surface area contributed by atoms with E-state index < -0.39 is 10.9 Å². The smallest absolute Gasteiger partial charge is 0.338 e. The summed E-state index contributed by atoms with van der Waals surface area (Å²) in [5.41, 5.74) is 0.389. The first kappa shape index (κ1) is 17.9. The number of benzene rings is 1. The molecule has 1 fully saturated rings. The summed E-state index contributed by atoms with van der Waals surface area (Å²) in [4.78, 5) is 36.2. The highest BCUT2D eigenvalue weighted by atomic mass is 16.6. The standard InChI is InChI=1S/C17H22N2O5/c1-12-8-9-13(10-15(12)19(22)23)17(21)24-11-16(20)18(2)14-6-4-3-5-7-14/h8-10,14H,3-7,11H2,1-2H3. The molecular weight excluding hydrogens is 312 g/mol. The molecule has 1 aliphatic rings. The normalized spacial score (nSPS) is 14.9. The molecule has 0 aliphatic heterocycles. The van der Waals surface area contributed by atoms with Crippen LogP contribution in [0.25, 0.3) is 0 Å². The van der Waals surface area contributed by atoms with Crippen LogP contribution in [0.15, 0.2) is 18.2 Å². The van der Waals surface area contributed by atoms with E-state index >= 15 is 0 Å². The molecule has 1 amide bonds. The summed E-state index contributed by atoms with van der Waals surface area (Å²) in [5.74, 6) is -0.986. The second-order valence-electron chi connectivity index (χ2n) is 6.13. The van der Waals surface area contributed by atoms with Crippen LogP contribution < -0.4 is 0 Å². The maximum atomic E-state index is 12.1. The largest absolute Gasteiger partial charge is 0.452 e. The number of amides is 1. The van der Waals surface area contributed by atoms with E-state index in [0.29, 0.717) is 5.56 Å². The molecule has 1 aromatic rings. The summed E-state index contributed by atoms with van der Waals surface area (Å²) in [6.07, 6.45) is 5.35. The average Bonchev–Trinajstić information content (AvgIpc) is 2.59. The number of ether oxygens (including phenoxy) is 1. The molecule has 1 saturated carbocycles. The molecule has 0 heterocycles. The van der Waals surface area contributed by atoms with E-state index in [9.17, 15) is 19.7 Å². The van der Waals surface area contributed by atoms with Crippen molar-refractivity contribution in [3.63, 3.8) is 0 Å². The number of likely N-dealkylation sites (N-methyl/N-ethyl adjacent to an activating group) is 1. The molecule has 1 aromatic carbocycles. The summed E-state index contributed by atoms with van der Waals surface area (Å²) >= 11 is 0. The van der Waals surface area contributed by atoms with Gasteiger partial charge in [0.2, 0.25) is 0 Å². The predicted molar refractivity (Wildman–Crippen MR) is 87.8 cm³/mol. The average molecular weight is 334 g/mol. The lowest BCUT2D eigenvalue weighted by atomic mass is 9.94. The quantitative estimate of drug-likeness (QED) is 0.469. The van der Waals surface area contributed by atoms with Gasteiger partial charge >= 0.3 is 5.97 Å². The van der Waals surface area contributed by atoms with Crippen LogP contribution in [0.2, 0.25) is 0 Å². The lowest BCUT2D eigenvalue weighted by molar-refractivity contribution is -0.385. The number of aryl methyl sites for hydroxylation is 1. The van der Waals surface area contributed by atoms with Crippen LogP contribution in [0.5, 0.6) is 0 Å². The Kier molecular flexibility index (Phi) is 5.89. The van der Waals surface area contributed by atoms with Crippen LogP contribution in [-0.4, -0.2) is 41.4 Å². The van der Waals surface area contributed by atoms with Gasteiger partial charge in [-0.25, -0.2) is 4.79 Å². The number of nitrogens with zero attached hydrogens (tertiary/aromatic N) is 2. The zero-order chi connectivity index (χ0) is 17.7. The van der Waals surface area contributed by atoms with Crippen LogP contribution in [0.4, 0.5) is 5.69 Å². The third kappa shape index (κ3) is 4.31. The van der Waals surface area contributed by atoms with Gasteiger partial charge in [0, 0.05) is 24.7 Å². The number of carbonyl (C=O) groups is 2. The van der Waals surface area contributed by atoms with Gasteiger partial charge in [-0.1, -0.05) is 25.3 Å². The van der Waals surface area contributed by atoms with Crippen LogP contribution in [0.3, 0.4) is 0 Å². The molecule has 0 aromatic heterocycles. The van der Waals surface area contributed by atoms with Crippen molar-refractivity contribution in [3.05, 3.63) is 39.4 Å². The van der Waals surface area contributed by atoms with Crippen molar-refractivity contribution in [1.29, 1.82) is 0 Å². The van der Waals surface area contributed by atoms with Crippen LogP contribution in [0, 0.1) is 17.0 Å². The molecule has 130 valence electrons. The Balaban J connectivity index is 1.93. The van der Waals surface area contributed by atoms with Gasteiger partial charge in [-0.3, -0.25) is 14.9 Å². The Labute approximate surface area is 140 Å². The Morgan fingerprint density at radius 1 is 1.29 bits per heavy atom. The molecule has 7 heteroatoms. The van der Waals surface area contributed by atoms with E-state index in [1.165, 1.54) is 24.6 Å². The van der Waals surface area contributed by atoms with Crippen molar-refractivity contribution in [2.75, 3.05) is 13.7 Å². The molecule has 2 rings (SSSR count). The molecule has 7 nitrogen and oxygen atoms in total. The Hall–Kier alpha value is -2.44. The Bertz CT molecular complexity index is 638. The van der Waals surface area contributed by atoms with Gasteiger partial charge in [0.25, 0.3) is 11.6 Å². The first-order valence-corrected chi connectivity index (χ1v) is 8.08. The zero-order valence-electron chi connectivity index (χ0n) is 14.0. The van der Waals surface area contributed by atoms with Gasteiger partial charge < -0.3 is 9.64 Å². The minimum absolute atomic E-state index is 0.0698. The van der Waals surface area contributed by atoms with Gasteiger partial charge in [0.1, 0.15) is 0 Å². The Morgan fingerprint density at radius 2 is 1.96 bits per heavy atom. The monoisotopic (exact) mass is 334 g/mol. The summed E-state index contributed by atoms with van der Waals surface area (Å²) in [6, 6.07) is 4.32. The van der Waals surface area contributed by atoms with Crippen molar-refractivity contribution in [2.45, 2.75) is 45.1 Å². The molecule has 0 bridgehead atoms. The van der Waals surface area contributed by atoms with Crippen molar-refractivity contribution in [1.82, 2.24) is 4.90 Å². The highest BCUT2D eigenvalue weighted by molar-refractivity contribution is 5.92.